The molecule has 3 heterocycles. The number of rotatable bonds is 3. The topological polar surface area (TPSA) is 30.7 Å². The molecule has 0 bridgehead atoms. The van der Waals surface area contributed by atoms with Gasteiger partial charge in [-0.15, -0.1) is 0 Å². The molecular formula is C51H33N3. The first-order valence-corrected chi connectivity index (χ1v) is 18.8. The molecule has 0 radical (unpaired) electrons. The molecule has 0 saturated carbocycles. The van der Waals surface area contributed by atoms with Crippen LogP contribution in [-0.2, 0) is 5.41 Å². The Balaban J connectivity index is 1.17. The Morgan fingerprint density at radius 1 is 0.481 bits per heavy atom. The second kappa shape index (κ2) is 11.1. The van der Waals surface area contributed by atoms with Crippen molar-refractivity contribution in [3.8, 4) is 39.5 Å². The van der Waals surface area contributed by atoms with E-state index in [0.717, 1.165) is 33.5 Å². The summed E-state index contributed by atoms with van der Waals surface area (Å²) in [5, 5.41) is 3.51. The van der Waals surface area contributed by atoms with Gasteiger partial charge in [-0.3, -0.25) is 0 Å². The third-order valence-electron chi connectivity index (χ3n) is 12.3. The maximum atomic E-state index is 5.47. The molecule has 2 aromatic heterocycles. The number of nitrogens with zero attached hydrogens (tertiary/aromatic N) is 3. The van der Waals surface area contributed by atoms with Gasteiger partial charge >= 0.3 is 0 Å². The summed E-state index contributed by atoms with van der Waals surface area (Å²) in [6.07, 6.45) is 9.35. The molecule has 54 heavy (non-hydrogen) atoms. The van der Waals surface area contributed by atoms with Gasteiger partial charge in [0.25, 0.3) is 0 Å². The summed E-state index contributed by atoms with van der Waals surface area (Å²) in [5.41, 5.74) is 15.2. The lowest BCUT2D eigenvalue weighted by atomic mass is 9.61. The summed E-state index contributed by atoms with van der Waals surface area (Å²) < 4.78 is 2.52. The van der Waals surface area contributed by atoms with Gasteiger partial charge in [-0.1, -0.05) is 158 Å². The summed E-state index contributed by atoms with van der Waals surface area (Å²) in [7, 11) is 0. The average Bonchev–Trinajstić information content (AvgIpc) is 3.74. The summed E-state index contributed by atoms with van der Waals surface area (Å²) in [6.45, 7) is 0. The van der Waals surface area contributed by atoms with Crippen LogP contribution in [-0.4, -0.2) is 14.5 Å². The summed E-state index contributed by atoms with van der Waals surface area (Å²) in [4.78, 5) is 10.8. The molecule has 1 aliphatic heterocycles. The SMILES string of the molecule is C1=CC2c3ccccc3C3(c4ccccc4-n4c5ccccc5c5cc(-c6nc(-c7ccc(-c8ccccc8)cc7)c7ccccc7n6)cc3c54)C2C=C1. The third kappa shape index (κ3) is 3.91. The smallest absolute Gasteiger partial charge is 0.160 e. The van der Waals surface area contributed by atoms with Crippen molar-refractivity contribution >= 4 is 32.7 Å². The van der Waals surface area contributed by atoms with Crippen molar-refractivity contribution in [2.24, 2.45) is 5.92 Å². The normalized spacial score (nSPS) is 19.0. The van der Waals surface area contributed by atoms with Gasteiger partial charge in [-0.2, -0.15) is 0 Å². The van der Waals surface area contributed by atoms with Gasteiger partial charge in [-0.05, 0) is 63.7 Å². The largest absolute Gasteiger partial charge is 0.309 e. The fourth-order valence-corrected chi connectivity index (χ4v) is 10.1. The maximum Gasteiger partial charge on any atom is 0.160 e. The van der Waals surface area contributed by atoms with Gasteiger partial charge in [0.2, 0.25) is 0 Å². The lowest BCUT2D eigenvalue weighted by Crippen LogP contribution is -2.38. The maximum absolute atomic E-state index is 5.47. The first-order valence-electron chi connectivity index (χ1n) is 18.8. The highest BCUT2D eigenvalue weighted by Gasteiger charge is 2.56. The quantitative estimate of drug-likeness (QED) is 0.185. The molecule has 1 spiro atoms. The van der Waals surface area contributed by atoms with E-state index in [9.17, 15) is 0 Å². The summed E-state index contributed by atoms with van der Waals surface area (Å²) in [6, 6.07) is 59.7. The molecule has 2 aliphatic carbocycles. The van der Waals surface area contributed by atoms with E-state index in [-0.39, 0.29) is 11.8 Å². The van der Waals surface area contributed by atoms with Gasteiger partial charge in [0.1, 0.15) is 0 Å². The zero-order chi connectivity index (χ0) is 35.4. The highest BCUT2D eigenvalue weighted by atomic mass is 15.0. The Hall–Kier alpha value is -6.84. The zero-order valence-electron chi connectivity index (χ0n) is 29.4. The minimum Gasteiger partial charge on any atom is -0.309 e. The average molecular weight is 688 g/mol. The Morgan fingerprint density at radius 2 is 1.17 bits per heavy atom. The number of hydrogen-bond acceptors (Lipinski definition) is 2. The predicted octanol–water partition coefficient (Wildman–Crippen LogP) is 12.2. The molecule has 3 heteroatoms. The molecule has 3 atom stereocenters. The van der Waals surface area contributed by atoms with Gasteiger partial charge < -0.3 is 4.57 Å². The number of fused-ring (bicyclic) bond motifs is 13. The van der Waals surface area contributed by atoms with Crippen LogP contribution in [0.4, 0.5) is 0 Å². The van der Waals surface area contributed by atoms with E-state index < -0.39 is 5.41 Å². The van der Waals surface area contributed by atoms with Crippen LogP contribution >= 0.6 is 0 Å². The number of benzene rings is 7. The number of para-hydroxylation sites is 3. The van der Waals surface area contributed by atoms with Crippen molar-refractivity contribution in [3.05, 3.63) is 210 Å². The van der Waals surface area contributed by atoms with Crippen LogP contribution in [0, 0.1) is 5.92 Å². The minimum absolute atomic E-state index is 0.211. The second-order valence-corrected chi connectivity index (χ2v) is 14.9. The van der Waals surface area contributed by atoms with E-state index in [1.54, 1.807) is 0 Å². The number of aromatic nitrogens is 3. The van der Waals surface area contributed by atoms with E-state index in [0.29, 0.717) is 0 Å². The van der Waals surface area contributed by atoms with Gasteiger partial charge in [0, 0.05) is 39.1 Å². The Morgan fingerprint density at radius 3 is 2.06 bits per heavy atom. The Labute approximate surface area is 313 Å². The first-order chi connectivity index (χ1) is 26.8. The van der Waals surface area contributed by atoms with E-state index in [1.807, 2.05) is 0 Å². The van der Waals surface area contributed by atoms with E-state index in [2.05, 4.69) is 193 Å². The van der Waals surface area contributed by atoms with Crippen LogP contribution in [0.25, 0.3) is 72.2 Å². The Kier molecular flexibility index (Phi) is 6.10. The molecule has 0 N–H and O–H groups in total. The first kappa shape index (κ1) is 29.7. The zero-order valence-corrected chi connectivity index (χ0v) is 29.4. The number of allylic oxidation sites excluding steroid dienone is 4. The highest BCUT2D eigenvalue weighted by Crippen LogP contribution is 2.63. The second-order valence-electron chi connectivity index (χ2n) is 14.9. The molecule has 0 amide bonds. The standard InChI is InChI=1S/C51H33N3/c1-2-14-32(15-3-1)33-26-28-34(29-27-33)48-39-19-6-11-23-45(39)52-50(53-48)35-30-40-38-18-7-12-24-46(38)54-47-25-13-10-22-43(47)51(44(31-35)49(40)54)41-20-8-4-16-36(41)37-17-5-9-21-42(37)51/h1-31,36,41H. The van der Waals surface area contributed by atoms with Crippen LogP contribution in [0.1, 0.15) is 28.2 Å². The lowest BCUT2D eigenvalue weighted by molar-refractivity contribution is 0.454. The molecular weight excluding hydrogens is 655 g/mol. The molecule has 3 nitrogen and oxygen atoms in total. The molecule has 3 aliphatic rings. The van der Waals surface area contributed by atoms with Crippen LogP contribution < -0.4 is 0 Å². The highest BCUT2D eigenvalue weighted by molar-refractivity contribution is 6.13. The molecule has 252 valence electrons. The fraction of sp³-hybridized carbons (Fsp3) is 0.0588. The van der Waals surface area contributed by atoms with Crippen molar-refractivity contribution in [3.63, 3.8) is 0 Å². The van der Waals surface area contributed by atoms with Crippen molar-refractivity contribution in [2.45, 2.75) is 11.3 Å². The number of hydrogen-bond donors (Lipinski definition) is 0. The van der Waals surface area contributed by atoms with Gasteiger partial charge in [0.15, 0.2) is 5.82 Å². The van der Waals surface area contributed by atoms with Gasteiger partial charge in [-0.25, -0.2) is 9.97 Å². The predicted molar refractivity (Wildman–Crippen MR) is 221 cm³/mol. The molecule has 12 rings (SSSR count). The minimum atomic E-state index is -0.412. The van der Waals surface area contributed by atoms with Crippen LogP contribution in [0.15, 0.2) is 188 Å². The summed E-state index contributed by atoms with van der Waals surface area (Å²) in [5.74, 6) is 1.22. The molecule has 0 saturated heterocycles. The van der Waals surface area contributed by atoms with Crippen molar-refractivity contribution < 1.29 is 0 Å². The van der Waals surface area contributed by atoms with Crippen LogP contribution in [0.5, 0.6) is 0 Å². The molecule has 3 unspecified atom stereocenters. The molecule has 9 aromatic rings. The fourth-order valence-electron chi connectivity index (χ4n) is 10.1. The molecule has 0 fully saturated rings. The lowest BCUT2D eigenvalue weighted by Gasteiger charge is -2.43. The molecule has 7 aromatic carbocycles. The van der Waals surface area contributed by atoms with E-state index >= 15 is 0 Å². The van der Waals surface area contributed by atoms with Crippen LogP contribution in [0.2, 0.25) is 0 Å². The summed E-state index contributed by atoms with van der Waals surface area (Å²) >= 11 is 0. The van der Waals surface area contributed by atoms with E-state index in [4.69, 9.17) is 9.97 Å². The van der Waals surface area contributed by atoms with E-state index in [1.165, 1.54) is 60.9 Å². The van der Waals surface area contributed by atoms with Crippen molar-refractivity contribution in [2.75, 3.05) is 0 Å². The third-order valence-corrected chi connectivity index (χ3v) is 12.3. The van der Waals surface area contributed by atoms with Crippen molar-refractivity contribution in [1.29, 1.82) is 0 Å². The van der Waals surface area contributed by atoms with Crippen molar-refractivity contribution in [1.82, 2.24) is 14.5 Å². The van der Waals surface area contributed by atoms with Crippen LogP contribution in [0.3, 0.4) is 0 Å². The monoisotopic (exact) mass is 687 g/mol. The van der Waals surface area contributed by atoms with Gasteiger partial charge in [0.05, 0.1) is 33.3 Å². The Bertz CT molecular complexity index is 3060.